The van der Waals surface area contributed by atoms with Crippen LogP contribution >= 0.6 is 0 Å². The van der Waals surface area contributed by atoms with Crippen LogP contribution in [0.15, 0.2) is 53.8 Å². The van der Waals surface area contributed by atoms with Gasteiger partial charge in [0.05, 0.1) is 5.71 Å². The second-order valence-electron chi connectivity index (χ2n) is 5.15. The van der Waals surface area contributed by atoms with E-state index in [0.717, 1.165) is 17.7 Å². The number of unbranched alkanes of at least 4 members (excludes halogenated alkanes) is 1. The smallest absolute Gasteiger partial charge is 0.266 e. The van der Waals surface area contributed by atoms with Gasteiger partial charge in [-0.1, -0.05) is 43.7 Å². The maximum atomic E-state index is 11.9. The third-order valence-corrected chi connectivity index (χ3v) is 3.41. The lowest BCUT2D eigenvalue weighted by Crippen LogP contribution is -2.20. The predicted octanol–water partition coefficient (Wildman–Crippen LogP) is 3.58. The Morgan fingerprint density at radius 1 is 1.18 bits per heavy atom. The standard InChI is InChI=1S/C18H21N3O/c1-3-4-7-15-9-11-16(12-10-15)14(2)20-21-18(22)17-8-5-6-13-19-17/h5-6,8-13H,3-4,7H2,1-2H3,(H,21,22)/b20-14-. The molecule has 0 fully saturated rings. The van der Waals surface area contributed by atoms with Crippen LogP contribution in [0.4, 0.5) is 0 Å². The van der Waals surface area contributed by atoms with Gasteiger partial charge in [-0.3, -0.25) is 9.78 Å². The van der Waals surface area contributed by atoms with Crippen molar-refractivity contribution in [3.63, 3.8) is 0 Å². The summed E-state index contributed by atoms with van der Waals surface area (Å²) in [6.07, 6.45) is 5.08. The molecule has 1 amide bonds. The van der Waals surface area contributed by atoms with E-state index in [9.17, 15) is 4.79 Å². The highest BCUT2D eigenvalue weighted by Gasteiger charge is 2.05. The molecule has 0 unspecified atom stereocenters. The quantitative estimate of drug-likeness (QED) is 0.654. The number of carbonyl (C=O) groups excluding carboxylic acids is 1. The molecule has 0 saturated carbocycles. The lowest BCUT2D eigenvalue weighted by Gasteiger charge is -2.04. The van der Waals surface area contributed by atoms with Crippen LogP contribution in [0.1, 0.15) is 48.3 Å². The highest BCUT2D eigenvalue weighted by molar-refractivity contribution is 6.00. The summed E-state index contributed by atoms with van der Waals surface area (Å²) in [5, 5.41) is 4.14. The first-order chi connectivity index (χ1) is 10.7. The van der Waals surface area contributed by atoms with Crippen molar-refractivity contribution in [1.29, 1.82) is 0 Å². The van der Waals surface area contributed by atoms with E-state index in [1.165, 1.54) is 18.4 Å². The number of carbonyl (C=O) groups is 1. The molecule has 0 saturated heterocycles. The number of aromatic nitrogens is 1. The Kier molecular flexibility index (Phi) is 5.83. The van der Waals surface area contributed by atoms with Crippen LogP contribution < -0.4 is 5.43 Å². The van der Waals surface area contributed by atoms with E-state index < -0.39 is 0 Å². The predicted molar refractivity (Wildman–Crippen MR) is 89.0 cm³/mol. The van der Waals surface area contributed by atoms with E-state index in [1.807, 2.05) is 19.1 Å². The molecule has 114 valence electrons. The van der Waals surface area contributed by atoms with Gasteiger partial charge in [-0.15, -0.1) is 0 Å². The molecule has 0 aliphatic carbocycles. The average Bonchev–Trinajstić information content (AvgIpc) is 2.58. The van der Waals surface area contributed by atoms with Gasteiger partial charge in [0.25, 0.3) is 5.91 Å². The van der Waals surface area contributed by atoms with Crippen molar-refractivity contribution in [3.05, 3.63) is 65.5 Å². The van der Waals surface area contributed by atoms with Crippen LogP contribution in [0.3, 0.4) is 0 Å². The van der Waals surface area contributed by atoms with Crippen LogP contribution in [-0.2, 0) is 6.42 Å². The largest absolute Gasteiger partial charge is 0.289 e. The number of nitrogens with one attached hydrogen (secondary N) is 1. The minimum atomic E-state index is -0.306. The molecule has 0 aliphatic rings. The van der Waals surface area contributed by atoms with Gasteiger partial charge in [0.2, 0.25) is 0 Å². The second-order valence-corrected chi connectivity index (χ2v) is 5.15. The van der Waals surface area contributed by atoms with Crippen LogP contribution in [-0.4, -0.2) is 16.6 Å². The van der Waals surface area contributed by atoms with E-state index in [1.54, 1.807) is 24.4 Å². The molecular formula is C18H21N3O. The van der Waals surface area contributed by atoms with Gasteiger partial charge in [-0.25, -0.2) is 5.43 Å². The summed E-state index contributed by atoms with van der Waals surface area (Å²) in [4.78, 5) is 15.9. The van der Waals surface area contributed by atoms with E-state index in [0.29, 0.717) is 5.69 Å². The molecule has 0 radical (unpaired) electrons. The molecule has 4 heteroatoms. The van der Waals surface area contributed by atoms with Crippen molar-refractivity contribution in [2.24, 2.45) is 5.10 Å². The van der Waals surface area contributed by atoms with Gasteiger partial charge in [0, 0.05) is 6.20 Å². The lowest BCUT2D eigenvalue weighted by molar-refractivity contribution is 0.0950. The highest BCUT2D eigenvalue weighted by Crippen LogP contribution is 2.08. The number of nitrogens with zero attached hydrogens (tertiary/aromatic N) is 2. The SMILES string of the molecule is CCCCc1ccc(/C(C)=N\NC(=O)c2ccccn2)cc1. The lowest BCUT2D eigenvalue weighted by atomic mass is 10.0. The maximum Gasteiger partial charge on any atom is 0.289 e. The van der Waals surface area contributed by atoms with Crippen LogP contribution in [0.2, 0.25) is 0 Å². The van der Waals surface area contributed by atoms with Gasteiger partial charge in [0.15, 0.2) is 0 Å². The fourth-order valence-electron chi connectivity index (χ4n) is 2.05. The third-order valence-electron chi connectivity index (χ3n) is 3.41. The fraction of sp³-hybridized carbons (Fsp3) is 0.278. The Morgan fingerprint density at radius 3 is 2.59 bits per heavy atom. The molecule has 0 bridgehead atoms. The van der Waals surface area contributed by atoms with Gasteiger partial charge >= 0.3 is 0 Å². The minimum Gasteiger partial charge on any atom is -0.266 e. The molecule has 2 rings (SSSR count). The molecule has 2 aromatic rings. The molecule has 1 aromatic heterocycles. The molecule has 0 atom stereocenters. The Hall–Kier alpha value is -2.49. The number of rotatable bonds is 6. The zero-order valence-electron chi connectivity index (χ0n) is 13.0. The van der Waals surface area contributed by atoms with Crippen molar-refractivity contribution < 1.29 is 4.79 Å². The van der Waals surface area contributed by atoms with E-state index in [2.05, 4.69) is 34.6 Å². The van der Waals surface area contributed by atoms with Gasteiger partial charge in [0.1, 0.15) is 5.69 Å². The van der Waals surface area contributed by atoms with Gasteiger partial charge in [-0.05, 0) is 43.0 Å². The summed E-state index contributed by atoms with van der Waals surface area (Å²) in [5.74, 6) is -0.306. The summed E-state index contributed by atoms with van der Waals surface area (Å²) in [6, 6.07) is 13.5. The Labute approximate surface area is 131 Å². The molecular weight excluding hydrogens is 274 g/mol. The second kappa shape index (κ2) is 8.08. The zero-order chi connectivity index (χ0) is 15.8. The van der Waals surface area contributed by atoms with Gasteiger partial charge < -0.3 is 0 Å². The Bertz CT molecular complexity index is 633. The van der Waals surface area contributed by atoms with Crippen molar-refractivity contribution >= 4 is 11.6 Å². The first kappa shape index (κ1) is 15.9. The number of hydrazone groups is 1. The average molecular weight is 295 g/mol. The van der Waals surface area contributed by atoms with E-state index in [-0.39, 0.29) is 5.91 Å². The molecule has 4 nitrogen and oxygen atoms in total. The van der Waals surface area contributed by atoms with Crippen LogP contribution in [0.5, 0.6) is 0 Å². The molecule has 1 N–H and O–H groups in total. The molecule has 22 heavy (non-hydrogen) atoms. The van der Waals surface area contributed by atoms with Crippen molar-refractivity contribution in [2.75, 3.05) is 0 Å². The summed E-state index contributed by atoms with van der Waals surface area (Å²) in [6.45, 7) is 4.06. The third kappa shape index (κ3) is 4.52. The molecule has 1 aromatic carbocycles. The Morgan fingerprint density at radius 2 is 1.95 bits per heavy atom. The number of hydrogen-bond acceptors (Lipinski definition) is 3. The first-order valence-corrected chi connectivity index (χ1v) is 7.55. The molecule has 1 heterocycles. The van der Waals surface area contributed by atoms with Crippen molar-refractivity contribution in [2.45, 2.75) is 33.1 Å². The molecule has 0 aliphatic heterocycles. The fourth-order valence-corrected chi connectivity index (χ4v) is 2.05. The summed E-state index contributed by atoms with van der Waals surface area (Å²) in [5.41, 5.74) is 5.99. The van der Waals surface area contributed by atoms with Crippen molar-refractivity contribution in [3.8, 4) is 0 Å². The van der Waals surface area contributed by atoms with Crippen molar-refractivity contribution in [1.82, 2.24) is 10.4 Å². The topological polar surface area (TPSA) is 54.4 Å². The number of hydrogen-bond donors (Lipinski definition) is 1. The highest BCUT2D eigenvalue weighted by atomic mass is 16.2. The molecule has 0 spiro atoms. The minimum absolute atomic E-state index is 0.306. The summed E-state index contributed by atoms with van der Waals surface area (Å²) >= 11 is 0. The number of aryl methyl sites for hydroxylation is 1. The normalized spacial score (nSPS) is 11.3. The van der Waals surface area contributed by atoms with E-state index in [4.69, 9.17) is 0 Å². The Balaban J connectivity index is 1.98. The monoisotopic (exact) mass is 295 g/mol. The van der Waals surface area contributed by atoms with Gasteiger partial charge in [-0.2, -0.15) is 5.10 Å². The number of pyridine rings is 1. The first-order valence-electron chi connectivity index (χ1n) is 7.55. The maximum absolute atomic E-state index is 11.9. The summed E-state index contributed by atoms with van der Waals surface area (Å²) in [7, 11) is 0. The zero-order valence-corrected chi connectivity index (χ0v) is 13.0. The van der Waals surface area contributed by atoms with Crippen LogP contribution in [0.25, 0.3) is 0 Å². The van der Waals surface area contributed by atoms with Crippen LogP contribution in [0, 0.1) is 0 Å². The number of amides is 1. The van der Waals surface area contributed by atoms with E-state index >= 15 is 0 Å². The number of benzene rings is 1. The summed E-state index contributed by atoms with van der Waals surface area (Å²) < 4.78 is 0.